The Morgan fingerprint density at radius 1 is 1.00 bits per heavy atom. The number of ether oxygens (including phenoxy) is 3. The first-order valence-corrected chi connectivity index (χ1v) is 16.7. The summed E-state index contributed by atoms with van der Waals surface area (Å²) >= 11 is 10.4. The van der Waals surface area contributed by atoms with Crippen LogP contribution in [0.2, 0.25) is 5.02 Å². The number of thioether (sulfide) groups is 1. The van der Waals surface area contributed by atoms with Crippen LogP contribution in [0.15, 0.2) is 82.2 Å². The second-order valence-corrected chi connectivity index (χ2v) is 12.6. The van der Waals surface area contributed by atoms with Crippen LogP contribution in [0.1, 0.15) is 41.8 Å². The maximum atomic E-state index is 13.2. The molecule has 1 N–H and O–H groups in total. The molecule has 0 bridgehead atoms. The molecule has 3 amide bonds. The molecule has 4 aromatic rings. The van der Waals surface area contributed by atoms with E-state index in [9.17, 15) is 19.2 Å². The van der Waals surface area contributed by atoms with Gasteiger partial charge in [-0.05, 0) is 99.3 Å². The zero-order valence-corrected chi connectivity index (χ0v) is 28.7. The van der Waals surface area contributed by atoms with Gasteiger partial charge in [0.1, 0.15) is 13.2 Å². The minimum atomic E-state index is -0.627. The van der Waals surface area contributed by atoms with Crippen molar-refractivity contribution in [3.63, 3.8) is 0 Å². The van der Waals surface area contributed by atoms with Crippen LogP contribution in [0.4, 0.5) is 10.5 Å². The van der Waals surface area contributed by atoms with Crippen molar-refractivity contribution in [2.45, 2.75) is 26.9 Å². The zero-order chi connectivity index (χ0) is 33.5. The third-order valence-electron chi connectivity index (χ3n) is 6.96. The molecule has 0 aromatic heterocycles. The van der Waals surface area contributed by atoms with E-state index >= 15 is 0 Å². The summed E-state index contributed by atoms with van der Waals surface area (Å²) in [7, 11) is 0. The highest BCUT2D eigenvalue weighted by Gasteiger charge is 2.36. The lowest BCUT2D eigenvalue weighted by atomic mass is 10.1. The summed E-state index contributed by atoms with van der Waals surface area (Å²) in [5, 5.41) is 4.39. The Morgan fingerprint density at radius 3 is 2.57 bits per heavy atom. The largest absolute Gasteiger partial charge is 0.490 e. The highest BCUT2D eigenvalue weighted by molar-refractivity contribution is 9.10. The van der Waals surface area contributed by atoms with Gasteiger partial charge in [-0.15, -0.1) is 0 Å². The van der Waals surface area contributed by atoms with E-state index < -0.39 is 29.6 Å². The Kier molecular flexibility index (Phi) is 11.2. The molecule has 0 unspecified atom stereocenters. The molecule has 5 rings (SSSR count). The average Bonchev–Trinajstić information content (AvgIpc) is 3.31. The number of anilines is 1. The molecule has 12 heteroatoms. The molecule has 9 nitrogen and oxygen atoms in total. The smallest absolute Gasteiger partial charge is 0.339 e. The van der Waals surface area contributed by atoms with Gasteiger partial charge in [-0.3, -0.25) is 19.3 Å². The van der Waals surface area contributed by atoms with Gasteiger partial charge in [0.2, 0.25) is 5.91 Å². The summed E-state index contributed by atoms with van der Waals surface area (Å²) in [5.41, 5.74) is 1.97. The summed E-state index contributed by atoms with van der Waals surface area (Å²) in [6.45, 7) is 4.11. The SMILES string of the molecule is CCCOC(=O)c1cc(NC(=O)CN2C(=O)S/C(=C/c3cc(Br)c(OCc4cccc5ccccc45)c(OCC)c3)C2=O)ccc1Cl. The number of esters is 1. The molecule has 1 aliphatic rings. The predicted molar refractivity (Wildman–Crippen MR) is 187 cm³/mol. The highest BCUT2D eigenvalue weighted by atomic mass is 79.9. The second kappa shape index (κ2) is 15.5. The fraction of sp³-hybridized carbons (Fsp3) is 0.200. The number of nitrogens with one attached hydrogen (secondary N) is 1. The predicted octanol–water partition coefficient (Wildman–Crippen LogP) is 8.48. The quantitative estimate of drug-likeness (QED) is 0.114. The molecule has 47 heavy (non-hydrogen) atoms. The van der Waals surface area contributed by atoms with Gasteiger partial charge < -0.3 is 19.5 Å². The molecule has 4 aromatic carbocycles. The van der Waals surface area contributed by atoms with E-state index in [2.05, 4.69) is 21.2 Å². The van der Waals surface area contributed by atoms with E-state index in [1.165, 1.54) is 18.2 Å². The molecular formula is C35H30BrClN2O7S. The van der Waals surface area contributed by atoms with Crippen molar-refractivity contribution < 1.29 is 33.4 Å². The van der Waals surface area contributed by atoms with Crippen LogP contribution in [-0.4, -0.2) is 47.7 Å². The number of carbonyl (C=O) groups is 4. The zero-order valence-electron chi connectivity index (χ0n) is 25.5. The first-order chi connectivity index (χ1) is 22.7. The van der Waals surface area contributed by atoms with Crippen LogP contribution >= 0.6 is 39.3 Å². The lowest BCUT2D eigenvalue weighted by Gasteiger charge is -2.16. The summed E-state index contributed by atoms with van der Waals surface area (Å²) in [4.78, 5) is 52.1. The topological polar surface area (TPSA) is 111 Å². The summed E-state index contributed by atoms with van der Waals surface area (Å²) < 4.78 is 17.8. The molecule has 242 valence electrons. The highest BCUT2D eigenvalue weighted by Crippen LogP contribution is 2.40. The van der Waals surface area contributed by atoms with Crippen LogP contribution in [0, 0.1) is 0 Å². The molecule has 0 aliphatic carbocycles. The number of amides is 3. The molecule has 1 heterocycles. The number of benzene rings is 4. The van der Waals surface area contributed by atoms with Gasteiger partial charge in [0.25, 0.3) is 11.1 Å². The number of imide groups is 1. The number of hydrogen-bond acceptors (Lipinski definition) is 8. The van der Waals surface area contributed by atoms with Gasteiger partial charge in [0.15, 0.2) is 11.5 Å². The van der Waals surface area contributed by atoms with E-state index in [1.54, 1.807) is 18.2 Å². The number of nitrogens with zero attached hydrogens (tertiary/aromatic N) is 1. The van der Waals surface area contributed by atoms with Crippen LogP contribution in [0.3, 0.4) is 0 Å². The molecule has 1 saturated heterocycles. The molecule has 1 fully saturated rings. The van der Waals surface area contributed by atoms with Crippen LogP contribution in [0.25, 0.3) is 16.8 Å². The monoisotopic (exact) mass is 736 g/mol. The van der Waals surface area contributed by atoms with Crippen LogP contribution in [-0.2, 0) is 20.9 Å². The number of hydrogen-bond donors (Lipinski definition) is 1. The third-order valence-corrected chi connectivity index (χ3v) is 8.79. The Morgan fingerprint density at radius 2 is 1.79 bits per heavy atom. The number of rotatable bonds is 12. The van der Waals surface area contributed by atoms with Crippen molar-refractivity contribution in [3.05, 3.63) is 104 Å². The van der Waals surface area contributed by atoms with E-state index in [4.69, 9.17) is 25.8 Å². The van der Waals surface area contributed by atoms with E-state index in [0.717, 1.165) is 33.0 Å². The van der Waals surface area contributed by atoms with Crippen molar-refractivity contribution in [2.24, 2.45) is 0 Å². The molecule has 0 radical (unpaired) electrons. The molecule has 1 aliphatic heterocycles. The van der Waals surface area contributed by atoms with Crippen molar-refractivity contribution in [3.8, 4) is 11.5 Å². The van der Waals surface area contributed by atoms with Crippen molar-refractivity contribution in [1.82, 2.24) is 4.90 Å². The fourth-order valence-electron chi connectivity index (χ4n) is 4.81. The number of fused-ring (bicyclic) bond motifs is 1. The Labute approximate surface area is 289 Å². The Balaban J connectivity index is 1.28. The number of carbonyl (C=O) groups excluding carboxylic acids is 4. The van der Waals surface area contributed by atoms with Crippen molar-refractivity contribution >= 4 is 84.9 Å². The first-order valence-electron chi connectivity index (χ1n) is 14.8. The molecule has 0 atom stereocenters. The van der Waals surface area contributed by atoms with Gasteiger partial charge >= 0.3 is 5.97 Å². The lowest BCUT2D eigenvalue weighted by molar-refractivity contribution is -0.127. The van der Waals surface area contributed by atoms with Crippen molar-refractivity contribution in [1.29, 1.82) is 0 Å². The van der Waals surface area contributed by atoms with Crippen LogP contribution < -0.4 is 14.8 Å². The standard InChI is InChI=1S/C35H30BrClN2O7S/c1-3-14-45-34(42)26-18-24(12-13-28(26)37)38-31(40)19-39-33(41)30(47-35(39)43)17-21-15-27(36)32(29(16-21)44-4-2)46-20-23-10-7-9-22-8-5-6-11-25(22)23/h5-13,15-18H,3-4,14,19-20H2,1-2H3,(H,38,40)/b30-17+. The van der Waals surface area contributed by atoms with Gasteiger partial charge in [0, 0.05) is 5.69 Å². The third kappa shape index (κ3) is 8.16. The van der Waals surface area contributed by atoms with Gasteiger partial charge in [0.05, 0.1) is 33.2 Å². The minimum absolute atomic E-state index is 0.0922. The van der Waals surface area contributed by atoms with Crippen LogP contribution in [0.5, 0.6) is 11.5 Å². The normalized spacial score (nSPS) is 13.7. The summed E-state index contributed by atoms with van der Waals surface area (Å²) in [6.07, 6.45) is 2.21. The Hall–Kier alpha value is -4.32. The maximum Gasteiger partial charge on any atom is 0.339 e. The summed E-state index contributed by atoms with van der Waals surface area (Å²) in [6, 6.07) is 22.0. The molecule has 0 saturated carbocycles. The summed E-state index contributed by atoms with van der Waals surface area (Å²) in [5.74, 6) is -0.885. The van der Waals surface area contributed by atoms with E-state index in [-0.39, 0.29) is 27.8 Å². The lowest BCUT2D eigenvalue weighted by Crippen LogP contribution is -2.36. The van der Waals surface area contributed by atoms with Gasteiger partial charge in [-0.1, -0.05) is 61.0 Å². The van der Waals surface area contributed by atoms with Gasteiger partial charge in [-0.25, -0.2) is 4.79 Å². The molecular weight excluding hydrogens is 708 g/mol. The number of halogens is 2. The fourth-order valence-corrected chi connectivity index (χ4v) is 6.41. The van der Waals surface area contributed by atoms with Crippen molar-refractivity contribution in [2.75, 3.05) is 25.1 Å². The van der Waals surface area contributed by atoms with E-state index in [1.807, 2.05) is 56.3 Å². The van der Waals surface area contributed by atoms with Gasteiger partial charge in [-0.2, -0.15) is 0 Å². The average molecular weight is 738 g/mol. The Bertz CT molecular complexity index is 1890. The maximum absolute atomic E-state index is 13.2. The molecule has 0 spiro atoms. The van der Waals surface area contributed by atoms with E-state index in [0.29, 0.717) is 41.2 Å². The second-order valence-electron chi connectivity index (χ2n) is 10.3. The first kappa shape index (κ1) is 34.0. The minimum Gasteiger partial charge on any atom is -0.490 e.